The highest BCUT2D eigenvalue weighted by Crippen LogP contribution is 2.56. The van der Waals surface area contributed by atoms with Gasteiger partial charge >= 0.3 is 0 Å². The first-order valence-electron chi connectivity index (χ1n) is 8.94. The number of carbonyl (C=O) groups excluding carboxylic acids is 1. The molecule has 1 amide bonds. The van der Waals surface area contributed by atoms with Crippen molar-refractivity contribution in [2.75, 3.05) is 6.54 Å². The van der Waals surface area contributed by atoms with Crippen molar-refractivity contribution < 1.29 is 4.79 Å². The van der Waals surface area contributed by atoms with Crippen molar-refractivity contribution >= 4 is 5.91 Å². The van der Waals surface area contributed by atoms with Crippen LogP contribution in [0.25, 0.3) is 0 Å². The van der Waals surface area contributed by atoms with Gasteiger partial charge in [-0.05, 0) is 63.7 Å². The predicted molar refractivity (Wildman–Crippen MR) is 92.8 cm³/mol. The Hall–Kier alpha value is -0.570. The minimum Gasteiger partial charge on any atom is -0.355 e. The minimum absolute atomic E-state index is 0.0324. The zero-order valence-electron chi connectivity index (χ0n) is 15.7. The normalized spacial score (nSPS) is 33.0. The lowest BCUT2D eigenvalue weighted by atomic mass is 9.80. The molecule has 0 saturated heterocycles. The standard InChI is InChI=1S/C19H36N2O/c1-14(16(2,3)4)15(22)20-13-18-8-10-19(12-18,11-9-18)21-17(5,6)7/h14,21H,8-13H2,1-7H3,(H,20,22)/t14-,18?,19?/m1/s1. The number of hydrogen-bond donors (Lipinski definition) is 2. The minimum atomic E-state index is 0.0324. The number of amides is 1. The zero-order chi connectivity index (χ0) is 16.8. The van der Waals surface area contributed by atoms with Gasteiger partial charge in [-0.15, -0.1) is 0 Å². The smallest absolute Gasteiger partial charge is 0.223 e. The van der Waals surface area contributed by atoms with E-state index in [4.69, 9.17) is 0 Å². The summed E-state index contributed by atoms with van der Waals surface area (Å²) >= 11 is 0. The monoisotopic (exact) mass is 308 g/mol. The van der Waals surface area contributed by atoms with E-state index in [0.717, 1.165) is 6.54 Å². The van der Waals surface area contributed by atoms with Gasteiger partial charge in [-0.2, -0.15) is 0 Å². The van der Waals surface area contributed by atoms with Crippen LogP contribution >= 0.6 is 0 Å². The summed E-state index contributed by atoms with van der Waals surface area (Å²) < 4.78 is 0. The van der Waals surface area contributed by atoms with E-state index in [1.807, 2.05) is 6.92 Å². The lowest BCUT2D eigenvalue weighted by Gasteiger charge is -2.36. The summed E-state index contributed by atoms with van der Waals surface area (Å²) in [6.07, 6.45) is 6.24. The van der Waals surface area contributed by atoms with E-state index in [0.29, 0.717) is 11.0 Å². The van der Waals surface area contributed by atoms with Gasteiger partial charge in [0.2, 0.25) is 5.91 Å². The molecule has 3 nitrogen and oxygen atoms in total. The molecule has 2 aliphatic rings. The second kappa shape index (κ2) is 5.51. The van der Waals surface area contributed by atoms with E-state index in [1.165, 1.54) is 32.1 Å². The van der Waals surface area contributed by atoms with Gasteiger partial charge in [0.1, 0.15) is 0 Å². The topological polar surface area (TPSA) is 41.1 Å². The maximum atomic E-state index is 12.4. The van der Waals surface area contributed by atoms with E-state index < -0.39 is 0 Å². The average molecular weight is 309 g/mol. The number of carbonyl (C=O) groups is 1. The Bertz CT molecular complexity index is 420. The lowest BCUT2D eigenvalue weighted by molar-refractivity contribution is -0.128. The van der Waals surface area contributed by atoms with Crippen LogP contribution in [0.5, 0.6) is 0 Å². The van der Waals surface area contributed by atoms with E-state index in [-0.39, 0.29) is 22.8 Å². The molecule has 2 fully saturated rings. The van der Waals surface area contributed by atoms with E-state index >= 15 is 0 Å². The van der Waals surface area contributed by atoms with Crippen LogP contribution in [0.2, 0.25) is 0 Å². The highest BCUT2D eigenvalue weighted by atomic mass is 16.1. The van der Waals surface area contributed by atoms with Gasteiger partial charge in [0, 0.05) is 23.5 Å². The second-order valence-electron chi connectivity index (χ2n) is 10.1. The molecule has 22 heavy (non-hydrogen) atoms. The molecule has 0 aromatic heterocycles. The van der Waals surface area contributed by atoms with Crippen molar-refractivity contribution in [2.24, 2.45) is 16.7 Å². The van der Waals surface area contributed by atoms with Crippen LogP contribution in [-0.2, 0) is 4.79 Å². The summed E-state index contributed by atoms with van der Waals surface area (Å²) in [5.41, 5.74) is 0.860. The Kier molecular flexibility index (Phi) is 4.45. The summed E-state index contributed by atoms with van der Waals surface area (Å²) in [5, 5.41) is 7.13. The van der Waals surface area contributed by atoms with Crippen LogP contribution in [0.4, 0.5) is 0 Å². The van der Waals surface area contributed by atoms with Crippen molar-refractivity contribution in [1.82, 2.24) is 10.6 Å². The number of nitrogens with one attached hydrogen (secondary N) is 2. The third kappa shape index (κ3) is 3.84. The van der Waals surface area contributed by atoms with Crippen molar-refractivity contribution in [3.8, 4) is 0 Å². The molecule has 3 heteroatoms. The maximum absolute atomic E-state index is 12.4. The summed E-state index contributed by atoms with van der Waals surface area (Å²) in [6.45, 7) is 16.1. The summed E-state index contributed by atoms with van der Waals surface area (Å²) in [4.78, 5) is 12.4. The molecule has 128 valence electrons. The largest absolute Gasteiger partial charge is 0.355 e. The fourth-order valence-electron chi connectivity index (χ4n) is 4.36. The van der Waals surface area contributed by atoms with Crippen molar-refractivity contribution in [3.63, 3.8) is 0 Å². The van der Waals surface area contributed by atoms with E-state index in [1.54, 1.807) is 0 Å². The maximum Gasteiger partial charge on any atom is 0.223 e. The fraction of sp³-hybridized carbons (Fsp3) is 0.947. The first-order chi connectivity index (χ1) is 9.87. The predicted octanol–water partition coefficient (Wildman–Crippen LogP) is 3.88. The van der Waals surface area contributed by atoms with E-state index in [9.17, 15) is 4.79 Å². The van der Waals surface area contributed by atoms with Gasteiger partial charge in [-0.25, -0.2) is 0 Å². The van der Waals surface area contributed by atoms with Crippen LogP contribution < -0.4 is 10.6 Å². The highest BCUT2D eigenvalue weighted by Gasteiger charge is 2.54. The van der Waals surface area contributed by atoms with Crippen molar-refractivity contribution in [1.29, 1.82) is 0 Å². The van der Waals surface area contributed by atoms with Gasteiger partial charge in [0.25, 0.3) is 0 Å². The number of fused-ring (bicyclic) bond motifs is 2. The molecule has 2 aliphatic carbocycles. The number of rotatable bonds is 4. The molecule has 0 aliphatic heterocycles. The fourth-order valence-corrected chi connectivity index (χ4v) is 4.36. The van der Waals surface area contributed by atoms with Gasteiger partial charge < -0.3 is 10.6 Å². The Labute approximate surface area is 137 Å². The Morgan fingerprint density at radius 3 is 2.05 bits per heavy atom. The lowest BCUT2D eigenvalue weighted by Crippen LogP contribution is -2.51. The molecule has 2 saturated carbocycles. The van der Waals surface area contributed by atoms with Gasteiger partial charge in [-0.1, -0.05) is 27.7 Å². The van der Waals surface area contributed by atoms with Crippen LogP contribution in [0.3, 0.4) is 0 Å². The molecule has 0 heterocycles. The Balaban J connectivity index is 1.92. The highest BCUT2D eigenvalue weighted by molar-refractivity contribution is 5.79. The van der Waals surface area contributed by atoms with Crippen LogP contribution in [-0.4, -0.2) is 23.5 Å². The number of hydrogen-bond acceptors (Lipinski definition) is 2. The summed E-state index contributed by atoms with van der Waals surface area (Å²) in [5.74, 6) is 0.277. The third-order valence-electron chi connectivity index (χ3n) is 5.95. The molecule has 2 bridgehead atoms. The van der Waals surface area contributed by atoms with Crippen molar-refractivity contribution in [2.45, 2.75) is 91.6 Å². The molecule has 0 aromatic rings. The molecule has 0 unspecified atom stereocenters. The SMILES string of the molecule is C[C@H](C(=O)NCC12CCC(NC(C)(C)C)(CC1)C2)C(C)(C)C. The van der Waals surface area contributed by atoms with Crippen molar-refractivity contribution in [3.05, 3.63) is 0 Å². The second-order valence-corrected chi connectivity index (χ2v) is 10.1. The van der Waals surface area contributed by atoms with Gasteiger partial charge in [-0.3, -0.25) is 4.79 Å². The van der Waals surface area contributed by atoms with Crippen LogP contribution in [0.1, 0.15) is 80.6 Å². The van der Waals surface area contributed by atoms with Crippen LogP contribution in [0.15, 0.2) is 0 Å². The van der Waals surface area contributed by atoms with Gasteiger partial charge in [0.15, 0.2) is 0 Å². The molecular formula is C19H36N2O. The first-order valence-corrected chi connectivity index (χ1v) is 8.94. The molecule has 2 N–H and O–H groups in total. The molecule has 1 atom stereocenters. The third-order valence-corrected chi connectivity index (χ3v) is 5.95. The molecule has 0 aromatic carbocycles. The zero-order valence-corrected chi connectivity index (χ0v) is 15.7. The Morgan fingerprint density at radius 1 is 1.05 bits per heavy atom. The van der Waals surface area contributed by atoms with E-state index in [2.05, 4.69) is 52.2 Å². The van der Waals surface area contributed by atoms with Gasteiger partial charge in [0.05, 0.1) is 0 Å². The average Bonchev–Trinajstić information content (AvgIpc) is 2.87. The first kappa shape index (κ1) is 17.8. The molecule has 2 rings (SSSR count). The quantitative estimate of drug-likeness (QED) is 0.827. The Morgan fingerprint density at radius 2 is 1.59 bits per heavy atom. The molecular weight excluding hydrogens is 272 g/mol. The molecule has 0 radical (unpaired) electrons. The van der Waals surface area contributed by atoms with Crippen LogP contribution in [0, 0.1) is 16.7 Å². The summed E-state index contributed by atoms with van der Waals surface area (Å²) in [7, 11) is 0. The summed E-state index contributed by atoms with van der Waals surface area (Å²) in [6, 6.07) is 0. The molecule has 0 spiro atoms.